The molecule has 1 heterocycles. The maximum absolute atomic E-state index is 12.3. The van der Waals surface area contributed by atoms with Crippen molar-refractivity contribution in [3.05, 3.63) is 35.4 Å². The van der Waals surface area contributed by atoms with E-state index in [1.54, 1.807) is 24.3 Å². The third-order valence-electron chi connectivity index (χ3n) is 6.46. The lowest BCUT2D eigenvalue weighted by Crippen LogP contribution is -2.33. The Morgan fingerprint density at radius 1 is 0.432 bits per heavy atom. The van der Waals surface area contributed by atoms with Crippen LogP contribution >= 0.6 is 0 Å². The molecular formula is C32H53NO11. The Bertz CT molecular complexity index is 822. The minimum atomic E-state index is -0.274. The number of hydrogen-bond donors (Lipinski definition) is 0. The SMILES string of the molecule is CCCCCCOCCOCCOCCOCCOCCOCCOCCOCCOCCN1C(=O)c2ccccc2C1=O. The molecule has 1 aromatic rings. The molecule has 252 valence electrons. The van der Waals surface area contributed by atoms with Crippen molar-refractivity contribution in [2.45, 2.75) is 32.6 Å². The fourth-order valence-electron chi connectivity index (χ4n) is 4.09. The first-order chi connectivity index (χ1) is 21.8. The van der Waals surface area contributed by atoms with Crippen LogP contribution in [-0.4, -0.2) is 142 Å². The van der Waals surface area contributed by atoms with Crippen molar-refractivity contribution in [1.82, 2.24) is 4.90 Å². The molecule has 2 amide bonds. The van der Waals surface area contributed by atoms with Gasteiger partial charge in [-0.05, 0) is 18.6 Å². The highest BCUT2D eigenvalue weighted by Gasteiger charge is 2.34. The zero-order valence-corrected chi connectivity index (χ0v) is 26.5. The molecule has 1 aliphatic heterocycles. The molecule has 0 unspecified atom stereocenters. The quantitative estimate of drug-likeness (QED) is 0.0866. The van der Waals surface area contributed by atoms with E-state index in [0.717, 1.165) is 13.0 Å². The van der Waals surface area contributed by atoms with Crippen molar-refractivity contribution >= 4 is 11.8 Å². The summed E-state index contributed by atoms with van der Waals surface area (Å²) in [5.74, 6) is -0.547. The average Bonchev–Trinajstić information content (AvgIpc) is 3.28. The number of fused-ring (bicyclic) bond motifs is 1. The van der Waals surface area contributed by atoms with Gasteiger partial charge >= 0.3 is 0 Å². The van der Waals surface area contributed by atoms with Gasteiger partial charge in [0.2, 0.25) is 0 Å². The lowest BCUT2D eigenvalue weighted by molar-refractivity contribution is -0.0252. The molecule has 0 atom stereocenters. The van der Waals surface area contributed by atoms with Crippen LogP contribution in [0, 0.1) is 0 Å². The maximum Gasteiger partial charge on any atom is 0.261 e. The second-order valence-corrected chi connectivity index (χ2v) is 9.88. The van der Waals surface area contributed by atoms with Gasteiger partial charge in [0, 0.05) is 6.61 Å². The number of unbranched alkanes of at least 4 members (excludes halogenated alkanes) is 3. The molecule has 1 aliphatic rings. The van der Waals surface area contributed by atoms with Crippen molar-refractivity contribution < 1.29 is 52.2 Å². The van der Waals surface area contributed by atoms with Crippen LogP contribution in [0.15, 0.2) is 24.3 Å². The largest absolute Gasteiger partial charge is 0.379 e. The van der Waals surface area contributed by atoms with Crippen LogP contribution in [0.1, 0.15) is 53.3 Å². The second-order valence-electron chi connectivity index (χ2n) is 9.88. The van der Waals surface area contributed by atoms with Crippen LogP contribution in [0.2, 0.25) is 0 Å². The fourth-order valence-corrected chi connectivity index (χ4v) is 4.09. The van der Waals surface area contributed by atoms with E-state index in [9.17, 15) is 9.59 Å². The van der Waals surface area contributed by atoms with Gasteiger partial charge in [0.15, 0.2) is 0 Å². The zero-order chi connectivity index (χ0) is 31.3. The molecule has 0 radical (unpaired) electrons. The minimum Gasteiger partial charge on any atom is -0.379 e. The van der Waals surface area contributed by atoms with Crippen LogP contribution < -0.4 is 0 Å². The van der Waals surface area contributed by atoms with E-state index in [2.05, 4.69) is 6.92 Å². The van der Waals surface area contributed by atoms with E-state index >= 15 is 0 Å². The Morgan fingerprint density at radius 2 is 0.750 bits per heavy atom. The monoisotopic (exact) mass is 627 g/mol. The second kappa shape index (κ2) is 27.3. The summed E-state index contributed by atoms with van der Waals surface area (Å²) in [6, 6.07) is 6.83. The van der Waals surface area contributed by atoms with E-state index in [-0.39, 0.29) is 25.0 Å². The summed E-state index contributed by atoms with van der Waals surface area (Å²) >= 11 is 0. The van der Waals surface area contributed by atoms with Crippen LogP contribution in [0.25, 0.3) is 0 Å². The fraction of sp³-hybridized carbons (Fsp3) is 0.750. The minimum absolute atomic E-state index is 0.219. The molecule has 0 saturated carbocycles. The summed E-state index contributed by atoms with van der Waals surface area (Å²) in [4.78, 5) is 25.8. The number of carbonyl (C=O) groups is 2. The van der Waals surface area contributed by atoms with Gasteiger partial charge in [-0.2, -0.15) is 0 Å². The highest BCUT2D eigenvalue weighted by Crippen LogP contribution is 2.21. The molecule has 2 rings (SSSR count). The summed E-state index contributed by atoms with van der Waals surface area (Å²) in [5, 5.41) is 0. The number of nitrogens with zero attached hydrogens (tertiary/aromatic N) is 1. The third kappa shape index (κ3) is 18.1. The summed E-state index contributed by atoms with van der Waals surface area (Å²) < 4.78 is 49.3. The Morgan fingerprint density at radius 3 is 1.09 bits per heavy atom. The van der Waals surface area contributed by atoms with E-state index in [1.165, 1.54) is 24.2 Å². The van der Waals surface area contributed by atoms with Gasteiger partial charge in [-0.15, -0.1) is 0 Å². The molecule has 0 spiro atoms. The van der Waals surface area contributed by atoms with Crippen LogP contribution in [-0.2, 0) is 42.6 Å². The molecule has 0 fully saturated rings. The topological polar surface area (TPSA) is 120 Å². The van der Waals surface area contributed by atoms with Crippen LogP contribution in [0.4, 0.5) is 0 Å². The standard InChI is InChI=1S/C32H53NO11/c1-2-3-4-7-11-36-13-15-38-17-19-40-21-23-42-25-27-44-28-26-43-24-22-41-20-18-39-16-14-37-12-10-33-31(34)29-8-5-6-9-30(29)32(33)35/h5-6,8-9H,2-4,7,10-28H2,1H3. The van der Waals surface area contributed by atoms with E-state index in [0.29, 0.717) is 117 Å². The summed E-state index contributed by atoms with van der Waals surface area (Å²) in [6.45, 7) is 11.5. The third-order valence-corrected chi connectivity index (χ3v) is 6.46. The normalized spacial score (nSPS) is 12.9. The molecule has 1 aromatic carbocycles. The van der Waals surface area contributed by atoms with E-state index in [4.69, 9.17) is 42.6 Å². The number of rotatable bonds is 32. The van der Waals surface area contributed by atoms with Gasteiger partial charge in [0.25, 0.3) is 11.8 Å². The number of benzene rings is 1. The molecule has 12 heteroatoms. The van der Waals surface area contributed by atoms with Crippen LogP contribution in [0.3, 0.4) is 0 Å². The van der Waals surface area contributed by atoms with Crippen molar-refractivity contribution in [3.8, 4) is 0 Å². The Balaban J connectivity index is 1.19. The lowest BCUT2D eigenvalue weighted by atomic mass is 10.1. The van der Waals surface area contributed by atoms with Gasteiger partial charge in [-0.3, -0.25) is 14.5 Å². The summed E-state index contributed by atoms with van der Waals surface area (Å²) in [6.07, 6.45) is 4.87. The van der Waals surface area contributed by atoms with E-state index < -0.39 is 0 Å². The first-order valence-electron chi connectivity index (χ1n) is 15.9. The molecule has 0 saturated heterocycles. The van der Waals surface area contributed by atoms with Crippen molar-refractivity contribution in [3.63, 3.8) is 0 Å². The molecule has 0 aliphatic carbocycles. The van der Waals surface area contributed by atoms with Gasteiger partial charge in [-0.1, -0.05) is 38.3 Å². The van der Waals surface area contributed by atoms with Crippen LogP contribution in [0.5, 0.6) is 0 Å². The number of amides is 2. The number of ether oxygens (including phenoxy) is 9. The molecule has 0 N–H and O–H groups in total. The number of hydrogen-bond acceptors (Lipinski definition) is 11. The lowest BCUT2D eigenvalue weighted by Gasteiger charge is -2.13. The first-order valence-corrected chi connectivity index (χ1v) is 15.9. The summed E-state index contributed by atoms with van der Waals surface area (Å²) in [5.41, 5.74) is 0.891. The van der Waals surface area contributed by atoms with Crippen molar-refractivity contribution in [2.24, 2.45) is 0 Å². The highest BCUT2D eigenvalue weighted by molar-refractivity contribution is 6.21. The van der Waals surface area contributed by atoms with Gasteiger partial charge in [0.1, 0.15) is 0 Å². The smallest absolute Gasteiger partial charge is 0.261 e. The predicted molar refractivity (Wildman–Crippen MR) is 163 cm³/mol. The molecule has 0 aromatic heterocycles. The Hall–Kier alpha value is -2.00. The zero-order valence-electron chi connectivity index (χ0n) is 26.5. The van der Waals surface area contributed by atoms with Gasteiger partial charge in [-0.25, -0.2) is 0 Å². The van der Waals surface area contributed by atoms with Gasteiger partial charge < -0.3 is 42.6 Å². The first kappa shape index (κ1) is 38.2. The van der Waals surface area contributed by atoms with Gasteiger partial charge in [0.05, 0.1) is 130 Å². The highest BCUT2D eigenvalue weighted by atomic mass is 16.6. The molecule has 44 heavy (non-hydrogen) atoms. The predicted octanol–water partition coefficient (Wildman–Crippen LogP) is 3.01. The average molecular weight is 628 g/mol. The maximum atomic E-state index is 12.3. The summed E-state index contributed by atoms with van der Waals surface area (Å²) in [7, 11) is 0. The Labute approximate surface area is 262 Å². The number of imide groups is 1. The van der Waals surface area contributed by atoms with E-state index in [1.807, 2.05) is 0 Å². The molecular weight excluding hydrogens is 574 g/mol. The van der Waals surface area contributed by atoms with Crippen molar-refractivity contribution in [1.29, 1.82) is 0 Å². The molecule has 12 nitrogen and oxygen atoms in total. The number of carbonyl (C=O) groups excluding carboxylic acids is 2. The Kier molecular flexibility index (Phi) is 23.7. The van der Waals surface area contributed by atoms with Crippen molar-refractivity contribution in [2.75, 3.05) is 125 Å². The molecule has 0 bridgehead atoms.